The van der Waals surface area contributed by atoms with Crippen molar-refractivity contribution in [3.05, 3.63) is 96.6 Å². The number of amidine groups is 1. The molecular formula is C24H18N6O4S2. The van der Waals surface area contributed by atoms with Crippen LogP contribution in [0.15, 0.2) is 74.7 Å². The van der Waals surface area contributed by atoms with Crippen LogP contribution in [0.5, 0.6) is 0 Å². The van der Waals surface area contributed by atoms with Crippen LogP contribution in [0.2, 0.25) is 0 Å². The third-order valence-corrected chi connectivity index (χ3v) is 7.20. The summed E-state index contributed by atoms with van der Waals surface area (Å²) in [5, 5.41) is 16.1. The van der Waals surface area contributed by atoms with Crippen molar-refractivity contribution in [2.45, 2.75) is 6.92 Å². The normalized spacial score (nSPS) is 15.6. The smallest absolute Gasteiger partial charge is 0.281 e. The summed E-state index contributed by atoms with van der Waals surface area (Å²) >= 11 is 2.41. The van der Waals surface area contributed by atoms with E-state index in [1.54, 1.807) is 33.0 Å². The quantitative estimate of drug-likeness (QED) is 0.237. The maximum absolute atomic E-state index is 13.2. The van der Waals surface area contributed by atoms with Gasteiger partial charge in [-0.05, 0) is 54.6 Å². The SMILES string of the molecule is Cc1c(-c2csc(/N=C3\NC(=O)/C(=C\c4ccc([N+](=O)[O-])cc4)S3)n2)c(=O)n(-c2ccccc2)n1C. The van der Waals surface area contributed by atoms with Gasteiger partial charge in [0.15, 0.2) is 5.17 Å². The third-order valence-electron chi connectivity index (χ3n) is 5.55. The molecule has 1 N–H and O–H groups in total. The van der Waals surface area contributed by atoms with E-state index < -0.39 is 4.92 Å². The molecule has 0 bridgehead atoms. The Hall–Kier alpha value is -4.29. The molecule has 2 aromatic carbocycles. The molecule has 10 nitrogen and oxygen atoms in total. The van der Waals surface area contributed by atoms with Gasteiger partial charge in [0.2, 0.25) is 5.13 Å². The van der Waals surface area contributed by atoms with Gasteiger partial charge in [-0.3, -0.25) is 24.4 Å². The highest BCUT2D eigenvalue weighted by atomic mass is 32.2. The van der Waals surface area contributed by atoms with Crippen molar-refractivity contribution in [1.82, 2.24) is 19.7 Å². The van der Waals surface area contributed by atoms with E-state index in [9.17, 15) is 19.7 Å². The van der Waals surface area contributed by atoms with Gasteiger partial charge in [0.25, 0.3) is 17.2 Å². The van der Waals surface area contributed by atoms with Crippen LogP contribution < -0.4 is 10.9 Å². The number of nitrogens with zero attached hydrogens (tertiary/aromatic N) is 5. The summed E-state index contributed by atoms with van der Waals surface area (Å²) in [7, 11) is 1.82. The van der Waals surface area contributed by atoms with Crippen LogP contribution in [-0.2, 0) is 11.8 Å². The lowest BCUT2D eigenvalue weighted by Crippen LogP contribution is -2.20. The fraction of sp³-hybridized carbons (Fsp3) is 0.0833. The van der Waals surface area contributed by atoms with Gasteiger partial charge < -0.3 is 5.32 Å². The highest BCUT2D eigenvalue weighted by Crippen LogP contribution is 2.32. The number of carbonyl (C=O) groups is 1. The van der Waals surface area contributed by atoms with Gasteiger partial charge in [-0.1, -0.05) is 18.2 Å². The zero-order valence-corrected chi connectivity index (χ0v) is 20.7. The van der Waals surface area contributed by atoms with Gasteiger partial charge in [-0.25, -0.2) is 9.67 Å². The number of benzene rings is 2. The van der Waals surface area contributed by atoms with Crippen molar-refractivity contribution >= 4 is 51.1 Å². The predicted molar refractivity (Wildman–Crippen MR) is 141 cm³/mol. The molecule has 1 aliphatic rings. The molecular weight excluding hydrogens is 500 g/mol. The zero-order chi connectivity index (χ0) is 25.4. The fourth-order valence-corrected chi connectivity index (χ4v) is 5.27. The van der Waals surface area contributed by atoms with Gasteiger partial charge in [-0.15, -0.1) is 11.3 Å². The Kier molecular flexibility index (Phi) is 6.12. The Balaban J connectivity index is 1.40. The monoisotopic (exact) mass is 518 g/mol. The molecule has 0 atom stereocenters. The van der Waals surface area contributed by atoms with Crippen LogP contribution in [-0.4, -0.2) is 30.3 Å². The number of thioether (sulfide) groups is 1. The van der Waals surface area contributed by atoms with Crippen LogP contribution >= 0.6 is 23.1 Å². The van der Waals surface area contributed by atoms with Crippen molar-refractivity contribution in [1.29, 1.82) is 0 Å². The Morgan fingerprint density at radius 2 is 1.83 bits per heavy atom. The van der Waals surface area contributed by atoms with Crippen molar-refractivity contribution in [2.24, 2.45) is 12.0 Å². The fourth-order valence-electron chi connectivity index (χ4n) is 3.70. The lowest BCUT2D eigenvalue weighted by atomic mass is 10.2. The van der Waals surface area contributed by atoms with E-state index in [-0.39, 0.29) is 17.2 Å². The number of hydrogen-bond acceptors (Lipinski definition) is 8. The standard InChI is InChI=1S/C24H18N6O4S2/c1-14-20(22(32)29(28(14)2)16-6-4-3-5-7-16)18-13-35-23(25-18)27-24-26-21(31)19(36-24)12-15-8-10-17(11-9-15)30(33)34/h3-13H,1-2H3,(H,25,26,27,31)/b19-12+. The van der Waals surface area contributed by atoms with Crippen molar-refractivity contribution in [2.75, 3.05) is 0 Å². The van der Waals surface area contributed by atoms with Crippen LogP contribution in [0, 0.1) is 17.0 Å². The van der Waals surface area contributed by atoms with E-state index in [0.717, 1.165) is 23.1 Å². The molecule has 180 valence electrons. The first kappa shape index (κ1) is 23.5. The molecule has 0 unspecified atom stereocenters. The lowest BCUT2D eigenvalue weighted by molar-refractivity contribution is -0.384. The maximum Gasteiger partial charge on any atom is 0.281 e. The molecule has 4 aromatic rings. The van der Waals surface area contributed by atoms with Crippen LogP contribution in [0.4, 0.5) is 10.8 Å². The second-order valence-corrected chi connectivity index (χ2v) is 9.65. The number of aliphatic imine (C=N–C) groups is 1. The number of amides is 1. The molecule has 0 aliphatic carbocycles. The second-order valence-electron chi connectivity index (χ2n) is 7.78. The molecule has 12 heteroatoms. The van der Waals surface area contributed by atoms with Gasteiger partial charge >= 0.3 is 0 Å². The summed E-state index contributed by atoms with van der Waals surface area (Å²) in [4.78, 5) is 45.4. The second kappa shape index (κ2) is 9.40. The summed E-state index contributed by atoms with van der Waals surface area (Å²) < 4.78 is 3.39. The predicted octanol–water partition coefficient (Wildman–Crippen LogP) is 4.41. The molecule has 36 heavy (non-hydrogen) atoms. The molecule has 3 heterocycles. The van der Waals surface area contributed by atoms with Gasteiger partial charge in [-0.2, -0.15) is 4.99 Å². The Morgan fingerprint density at radius 3 is 2.53 bits per heavy atom. The number of nitro benzene ring substituents is 1. The molecule has 0 radical (unpaired) electrons. The first-order chi connectivity index (χ1) is 17.3. The number of nitro groups is 1. The number of thiazole rings is 1. The lowest BCUT2D eigenvalue weighted by Gasteiger charge is -2.07. The van der Waals surface area contributed by atoms with E-state index in [0.29, 0.717) is 32.0 Å². The van der Waals surface area contributed by atoms with Gasteiger partial charge in [0.05, 0.1) is 26.8 Å². The average molecular weight is 519 g/mol. The van der Waals surface area contributed by atoms with Gasteiger partial charge in [0.1, 0.15) is 0 Å². The summed E-state index contributed by atoms with van der Waals surface area (Å²) in [6, 6.07) is 15.3. The number of carbonyl (C=O) groups excluding carboxylic acids is 1. The van der Waals surface area contributed by atoms with E-state index in [4.69, 9.17) is 0 Å². The largest absolute Gasteiger partial charge is 0.300 e. The summed E-state index contributed by atoms with van der Waals surface area (Å²) in [5.41, 5.74) is 2.99. The highest BCUT2D eigenvalue weighted by Gasteiger charge is 2.25. The highest BCUT2D eigenvalue weighted by molar-refractivity contribution is 8.18. The Bertz CT molecular complexity index is 1610. The summed E-state index contributed by atoms with van der Waals surface area (Å²) in [6.45, 7) is 1.86. The zero-order valence-electron chi connectivity index (χ0n) is 19.0. The molecule has 1 fully saturated rings. The minimum Gasteiger partial charge on any atom is -0.300 e. The number of nitrogens with one attached hydrogen (secondary N) is 1. The van der Waals surface area contributed by atoms with Crippen molar-refractivity contribution in [3.8, 4) is 16.9 Å². The summed E-state index contributed by atoms with van der Waals surface area (Å²) in [6.07, 6.45) is 1.64. The number of para-hydroxylation sites is 1. The van der Waals surface area contributed by atoms with Crippen LogP contribution in [0.1, 0.15) is 11.3 Å². The number of hydrogen-bond donors (Lipinski definition) is 1. The first-order valence-corrected chi connectivity index (χ1v) is 12.4. The Morgan fingerprint density at radius 1 is 1.11 bits per heavy atom. The van der Waals surface area contributed by atoms with Crippen molar-refractivity contribution in [3.63, 3.8) is 0 Å². The van der Waals surface area contributed by atoms with E-state index >= 15 is 0 Å². The minimum absolute atomic E-state index is 0.0216. The number of aromatic nitrogens is 3. The Labute approximate surface area is 212 Å². The average Bonchev–Trinajstić information content (AvgIpc) is 3.51. The first-order valence-electron chi connectivity index (χ1n) is 10.7. The van der Waals surface area contributed by atoms with Crippen molar-refractivity contribution < 1.29 is 9.72 Å². The third kappa shape index (κ3) is 4.39. The van der Waals surface area contributed by atoms with Crippen LogP contribution in [0.25, 0.3) is 23.0 Å². The molecule has 1 saturated heterocycles. The molecule has 2 aromatic heterocycles. The molecule has 0 saturated carbocycles. The number of non-ortho nitro benzene ring substituents is 1. The van der Waals surface area contributed by atoms with Crippen LogP contribution in [0.3, 0.4) is 0 Å². The van der Waals surface area contributed by atoms with E-state index in [1.807, 2.05) is 44.3 Å². The minimum atomic E-state index is -0.477. The van der Waals surface area contributed by atoms with E-state index in [1.165, 1.54) is 23.5 Å². The molecule has 5 rings (SSSR count). The van der Waals surface area contributed by atoms with Gasteiger partial charge in [0, 0.05) is 30.3 Å². The van der Waals surface area contributed by atoms with E-state index in [2.05, 4.69) is 15.3 Å². The summed E-state index contributed by atoms with van der Waals surface area (Å²) in [5.74, 6) is -0.321. The molecule has 1 aliphatic heterocycles. The number of rotatable bonds is 5. The maximum atomic E-state index is 13.2. The molecule has 1 amide bonds. The molecule has 0 spiro atoms. The topological polar surface area (TPSA) is 124 Å².